The zero-order valence-corrected chi connectivity index (χ0v) is 24.6. The molecule has 3 fully saturated rings. The minimum Gasteiger partial charge on any atom is -0.338 e. The van der Waals surface area contributed by atoms with Crippen molar-refractivity contribution in [2.24, 2.45) is 7.05 Å². The van der Waals surface area contributed by atoms with Crippen LogP contribution >= 0.6 is 24.0 Å². The number of alkyl halides is 3. The Labute approximate surface area is 255 Å². The molecule has 2 aliphatic heterocycles. The van der Waals surface area contributed by atoms with Crippen LogP contribution in [0.25, 0.3) is 11.3 Å². The monoisotopic (exact) mass is 640 g/mol. The van der Waals surface area contributed by atoms with E-state index in [0.717, 1.165) is 25.8 Å². The SMILES string of the molecule is Cl.Cn1c(-c2cn(C3CC3)nc2C(F)(F)F)cnc1C(=O)Nc1ccc(C(=O)N2CCN(C(=O)C3CCN3)CC2)c(Cl)c1. The highest BCUT2D eigenvalue weighted by Crippen LogP contribution is 2.41. The van der Waals surface area contributed by atoms with E-state index in [-0.39, 0.29) is 69.7 Å². The first kappa shape index (κ1) is 30.8. The van der Waals surface area contributed by atoms with Crippen molar-refractivity contribution in [1.29, 1.82) is 0 Å². The number of imidazole rings is 1. The van der Waals surface area contributed by atoms with Gasteiger partial charge in [-0.2, -0.15) is 18.3 Å². The first-order valence-electron chi connectivity index (χ1n) is 13.6. The molecule has 2 N–H and O–H groups in total. The molecule has 0 radical (unpaired) electrons. The predicted octanol–water partition coefficient (Wildman–Crippen LogP) is 3.61. The molecule has 16 heteroatoms. The van der Waals surface area contributed by atoms with Gasteiger partial charge in [-0.25, -0.2) is 4.98 Å². The normalized spacial score (nSPS) is 18.6. The lowest BCUT2D eigenvalue weighted by Crippen LogP contribution is -2.58. The standard InChI is InChI=1S/C27H28ClF3N8O3.ClH/c1-36-21(18-14-39(16-3-4-16)35-22(18)27(29,30)31)13-33-23(36)24(40)34-15-2-5-17(19(28)12-15)25(41)37-8-10-38(11-9-37)26(42)20-6-7-32-20;/h2,5,12-14,16,20,32H,3-4,6-11H2,1H3,(H,34,40);1H. The van der Waals surface area contributed by atoms with E-state index < -0.39 is 17.8 Å². The van der Waals surface area contributed by atoms with E-state index in [1.54, 1.807) is 9.80 Å². The third-order valence-electron chi connectivity index (χ3n) is 7.85. The summed E-state index contributed by atoms with van der Waals surface area (Å²) in [7, 11) is 1.46. The average Bonchev–Trinajstić information content (AvgIpc) is 3.55. The quantitative estimate of drug-likeness (QED) is 0.425. The molecule has 3 aromatic rings. The second-order valence-corrected chi connectivity index (χ2v) is 11.1. The number of halogens is 5. The number of carbonyl (C=O) groups excluding carboxylic acids is 3. The van der Waals surface area contributed by atoms with Crippen molar-refractivity contribution < 1.29 is 27.6 Å². The highest BCUT2D eigenvalue weighted by molar-refractivity contribution is 6.34. The lowest BCUT2D eigenvalue weighted by atomic mass is 10.1. The van der Waals surface area contributed by atoms with E-state index in [2.05, 4.69) is 20.7 Å². The molecule has 3 amide bonds. The summed E-state index contributed by atoms with van der Waals surface area (Å²) in [6, 6.07) is 4.26. The van der Waals surface area contributed by atoms with Gasteiger partial charge in [-0.15, -0.1) is 12.4 Å². The van der Waals surface area contributed by atoms with Gasteiger partial charge in [0.1, 0.15) is 0 Å². The maximum absolute atomic E-state index is 13.7. The van der Waals surface area contributed by atoms with Gasteiger partial charge in [-0.05, 0) is 44.0 Å². The average molecular weight is 641 g/mol. The number of nitrogens with zero attached hydrogens (tertiary/aromatic N) is 6. The summed E-state index contributed by atoms with van der Waals surface area (Å²) in [5.74, 6) is -1.00. The molecule has 2 aromatic heterocycles. The van der Waals surface area contributed by atoms with Crippen LogP contribution in [0.3, 0.4) is 0 Å². The van der Waals surface area contributed by atoms with E-state index in [4.69, 9.17) is 11.6 Å². The van der Waals surface area contributed by atoms with Gasteiger partial charge in [0, 0.05) is 45.1 Å². The summed E-state index contributed by atoms with van der Waals surface area (Å²) < 4.78 is 43.7. The highest BCUT2D eigenvalue weighted by atomic mass is 35.5. The number of carbonyl (C=O) groups is 3. The summed E-state index contributed by atoms with van der Waals surface area (Å²) in [5, 5.41) is 9.62. The summed E-state index contributed by atoms with van der Waals surface area (Å²) in [5.41, 5.74) is -0.545. The molecular weight excluding hydrogens is 612 g/mol. The van der Waals surface area contributed by atoms with Crippen molar-refractivity contribution in [3.8, 4) is 11.3 Å². The molecule has 230 valence electrons. The number of nitrogens with one attached hydrogen (secondary N) is 2. The Bertz CT molecular complexity index is 1560. The number of anilines is 1. The van der Waals surface area contributed by atoms with E-state index in [1.807, 2.05) is 0 Å². The zero-order chi connectivity index (χ0) is 29.8. The molecule has 3 aliphatic rings. The maximum Gasteiger partial charge on any atom is 0.435 e. The van der Waals surface area contributed by atoms with E-state index in [1.165, 1.54) is 46.9 Å². The first-order valence-corrected chi connectivity index (χ1v) is 14.0. The van der Waals surface area contributed by atoms with Crippen LogP contribution in [0.4, 0.5) is 18.9 Å². The molecule has 1 atom stereocenters. The fourth-order valence-electron chi connectivity index (χ4n) is 5.16. The van der Waals surface area contributed by atoms with Gasteiger partial charge in [0.05, 0.1) is 40.1 Å². The topological polar surface area (TPSA) is 117 Å². The molecule has 2 saturated heterocycles. The summed E-state index contributed by atoms with van der Waals surface area (Å²) in [6.45, 7) is 2.46. The lowest BCUT2D eigenvalue weighted by Gasteiger charge is -2.38. The zero-order valence-electron chi connectivity index (χ0n) is 23.0. The molecule has 0 spiro atoms. The third kappa shape index (κ3) is 6.08. The van der Waals surface area contributed by atoms with Crippen molar-refractivity contribution in [2.75, 3.05) is 38.0 Å². The summed E-state index contributed by atoms with van der Waals surface area (Å²) >= 11 is 6.42. The Kier molecular flexibility index (Phi) is 8.47. The van der Waals surface area contributed by atoms with Crippen molar-refractivity contribution in [3.63, 3.8) is 0 Å². The smallest absolute Gasteiger partial charge is 0.338 e. The number of benzene rings is 1. The number of rotatable bonds is 6. The van der Waals surface area contributed by atoms with E-state index in [9.17, 15) is 27.6 Å². The van der Waals surface area contributed by atoms with Crippen LogP contribution in [0.5, 0.6) is 0 Å². The van der Waals surface area contributed by atoms with Crippen LogP contribution in [-0.2, 0) is 18.0 Å². The first-order chi connectivity index (χ1) is 20.0. The highest BCUT2D eigenvalue weighted by Gasteiger charge is 2.40. The molecule has 0 bridgehead atoms. The van der Waals surface area contributed by atoms with Crippen LogP contribution < -0.4 is 10.6 Å². The summed E-state index contributed by atoms with van der Waals surface area (Å²) in [6.07, 6.45) is 0.237. The Morgan fingerprint density at radius 3 is 2.33 bits per heavy atom. The van der Waals surface area contributed by atoms with Gasteiger partial charge < -0.3 is 25.0 Å². The Morgan fingerprint density at radius 1 is 1.07 bits per heavy atom. The van der Waals surface area contributed by atoms with Gasteiger partial charge in [-0.1, -0.05) is 11.6 Å². The largest absolute Gasteiger partial charge is 0.435 e. The predicted molar refractivity (Wildman–Crippen MR) is 153 cm³/mol. The molecule has 11 nitrogen and oxygen atoms in total. The molecule has 1 aromatic carbocycles. The minimum atomic E-state index is -4.67. The van der Waals surface area contributed by atoms with Gasteiger partial charge >= 0.3 is 6.18 Å². The van der Waals surface area contributed by atoms with Crippen LogP contribution in [0.15, 0.2) is 30.6 Å². The van der Waals surface area contributed by atoms with Gasteiger partial charge in [-0.3, -0.25) is 19.1 Å². The number of amides is 3. The van der Waals surface area contributed by atoms with E-state index in [0.29, 0.717) is 26.2 Å². The van der Waals surface area contributed by atoms with Crippen molar-refractivity contribution in [2.45, 2.75) is 37.5 Å². The van der Waals surface area contributed by atoms with Crippen LogP contribution in [0.1, 0.15) is 52.0 Å². The Balaban J connectivity index is 0.00000368. The number of hydrogen-bond donors (Lipinski definition) is 2. The van der Waals surface area contributed by atoms with Gasteiger partial charge in [0.2, 0.25) is 5.91 Å². The van der Waals surface area contributed by atoms with Gasteiger partial charge in [0.25, 0.3) is 11.8 Å². The third-order valence-corrected chi connectivity index (χ3v) is 8.16. The van der Waals surface area contributed by atoms with Crippen molar-refractivity contribution in [3.05, 3.63) is 52.7 Å². The molecule has 1 saturated carbocycles. The Morgan fingerprint density at radius 2 is 1.74 bits per heavy atom. The second kappa shape index (κ2) is 11.8. The van der Waals surface area contributed by atoms with Crippen LogP contribution in [-0.4, -0.2) is 85.6 Å². The van der Waals surface area contributed by atoms with Crippen molar-refractivity contribution in [1.82, 2.24) is 34.4 Å². The molecular formula is C27H29Cl2F3N8O3. The maximum atomic E-state index is 13.7. The summed E-state index contributed by atoms with van der Waals surface area (Å²) in [4.78, 5) is 46.0. The second-order valence-electron chi connectivity index (χ2n) is 10.7. The van der Waals surface area contributed by atoms with E-state index >= 15 is 0 Å². The van der Waals surface area contributed by atoms with Crippen molar-refractivity contribution >= 4 is 47.4 Å². The lowest BCUT2D eigenvalue weighted by molar-refractivity contribution is -0.141. The number of aromatic nitrogens is 4. The van der Waals surface area contributed by atoms with Gasteiger partial charge in [0.15, 0.2) is 11.5 Å². The molecule has 43 heavy (non-hydrogen) atoms. The molecule has 1 aliphatic carbocycles. The number of hydrogen-bond acceptors (Lipinski definition) is 6. The molecule has 4 heterocycles. The van der Waals surface area contributed by atoms with Crippen LogP contribution in [0, 0.1) is 0 Å². The molecule has 1 unspecified atom stereocenters. The number of piperazine rings is 1. The van der Waals surface area contributed by atoms with Crippen LogP contribution in [0.2, 0.25) is 5.02 Å². The minimum absolute atomic E-state index is 0. The Hall–Kier alpha value is -3.62. The fourth-order valence-corrected chi connectivity index (χ4v) is 5.42. The fraction of sp³-hybridized carbons (Fsp3) is 0.444. The molecule has 6 rings (SSSR count).